The van der Waals surface area contributed by atoms with E-state index >= 15 is 0 Å². The molecular formula is C15H18N4O4. The smallest absolute Gasteiger partial charge is 0.272 e. The molecule has 0 heterocycles. The Labute approximate surface area is 133 Å². The van der Waals surface area contributed by atoms with Gasteiger partial charge in [0.05, 0.1) is 22.1 Å². The summed E-state index contributed by atoms with van der Waals surface area (Å²) in [6.07, 6.45) is 4.79. The van der Waals surface area contributed by atoms with E-state index in [1.54, 1.807) is 6.21 Å². The van der Waals surface area contributed by atoms with Crippen molar-refractivity contribution in [3.63, 3.8) is 0 Å². The third-order valence-electron chi connectivity index (χ3n) is 3.86. The Bertz CT molecular complexity index is 709. The molecule has 0 spiro atoms. The second-order valence-electron chi connectivity index (χ2n) is 6.27. The molecule has 1 N–H and O–H groups in total. The van der Waals surface area contributed by atoms with Gasteiger partial charge in [0.15, 0.2) is 0 Å². The molecule has 0 saturated heterocycles. The second kappa shape index (κ2) is 6.15. The van der Waals surface area contributed by atoms with Gasteiger partial charge in [-0.3, -0.25) is 25.7 Å². The lowest BCUT2D eigenvalue weighted by Crippen LogP contribution is -2.12. The van der Waals surface area contributed by atoms with Crippen molar-refractivity contribution in [2.45, 2.75) is 27.2 Å². The minimum atomic E-state index is -0.675. The van der Waals surface area contributed by atoms with Crippen LogP contribution in [-0.4, -0.2) is 16.1 Å². The number of hydrogen-bond donors (Lipinski definition) is 1. The first-order valence-corrected chi connectivity index (χ1v) is 7.15. The Morgan fingerprint density at radius 2 is 2.00 bits per heavy atom. The first-order chi connectivity index (χ1) is 10.7. The molecule has 23 heavy (non-hydrogen) atoms. The maximum Gasteiger partial charge on any atom is 0.301 e. The summed E-state index contributed by atoms with van der Waals surface area (Å²) >= 11 is 0. The quantitative estimate of drug-likeness (QED) is 0.503. The summed E-state index contributed by atoms with van der Waals surface area (Å²) in [6, 6.07) is 3.40. The van der Waals surface area contributed by atoms with E-state index < -0.39 is 9.85 Å². The van der Waals surface area contributed by atoms with Gasteiger partial charge in [0.2, 0.25) is 0 Å². The van der Waals surface area contributed by atoms with Crippen LogP contribution in [0.1, 0.15) is 27.2 Å². The number of rotatable bonds is 5. The maximum absolute atomic E-state index is 11.0. The van der Waals surface area contributed by atoms with Crippen LogP contribution < -0.4 is 5.43 Å². The van der Waals surface area contributed by atoms with Crippen molar-refractivity contribution in [2.24, 2.45) is 16.4 Å². The van der Waals surface area contributed by atoms with Crippen molar-refractivity contribution in [2.75, 3.05) is 5.43 Å². The number of non-ortho nitro benzene ring substituents is 1. The predicted octanol–water partition coefficient (Wildman–Crippen LogP) is 3.89. The first-order valence-electron chi connectivity index (χ1n) is 7.15. The van der Waals surface area contributed by atoms with Crippen molar-refractivity contribution in [3.8, 4) is 0 Å². The summed E-state index contributed by atoms with van der Waals surface area (Å²) in [6.45, 7) is 6.35. The fourth-order valence-corrected chi connectivity index (χ4v) is 2.78. The Morgan fingerprint density at radius 1 is 1.30 bits per heavy atom. The summed E-state index contributed by atoms with van der Waals surface area (Å²) < 4.78 is 0. The van der Waals surface area contributed by atoms with E-state index in [9.17, 15) is 20.2 Å². The van der Waals surface area contributed by atoms with Gasteiger partial charge in [-0.2, -0.15) is 5.10 Å². The van der Waals surface area contributed by atoms with Crippen LogP contribution in [0.4, 0.5) is 17.1 Å². The van der Waals surface area contributed by atoms with Gasteiger partial charge in [0.25, 0.3) is 5.69 Å². The molecule has 0 amide bonds. The first kappa shape index (κ1) is 16.6. The number of nitrogens with one attached hydrogen (secondary N) is 1. The predicted molar refractivity (Wildman–Crippen MR) is 87.5 cm³/mol. The molecule has 1 atom stereocenters. The van der Waals surface area contributed by atoms with Crippen LogP contribution in [0.25, 0.3) is 0 Å². The van der Waals surface area contributed by atoms with Crippen LogP contribution in [-0.2, 0) is 0 Å². The van der Waals surface area contributed by atoms with Gasteiger partial charge < -0.3 is 0 Å². The zero-order valence-electron chi connectivity index (χ0n) is 13.1. The molecule has 8 nitrogen and oxygen atoms in total. The van der Waals surface area contributed by atoms with Gasteiger partial charge in [-0.1, -0.05) is 26.8 Å². The molecule has 1 aromatic rings. The third kappa shape index (κ3) is 3.71. The van der Waals surface area contributed by atoms with Crippen LogP contribution in [0.15, 0.2) is 34.9 Å². The highest BCUT2D eigenvalue weighted by Gasteiger charge is 2.30. The fraction of sp³-hybridized carbons (Fsp3) is 0.400. The number of nitrogens with zero attached hydrogens (tertiary/aromatic N) is 3. The zero-order chi connectivity index (χ0) is 17.2. The van der Waals surface area contributed by atoms with Crippen LogP contribution in [0.2, 0.25) is 0 Å². The van der Waals surface area contributed by atoms with E-state index in [4.69, 9.17) is 0 Å². The van der Waals surface area contributed by atoms with Gasteiger partial charge in [0, 0.05) is 6.07 Å². The van der Waals surface area contributed by atoms with Crippen LogP contribution in [0.5, 0.6) is 0 Å². The van der Waals surface area contributed by atoms with Gasteiger partial charge in [-0.15, -0.1) is 0 Å². The molecule has 1 aliphatic rings. The molecule has 0 aromatic heterocycles. The summed E-state index contributed by atoms with van der Waals surface area (Å²) in [7, 11) is 0. The molecule has 8 heteroatoms. The molecule has 2 rings (SSSR count). The van der Waals surface area contributed by atoms with E-state index in [1.807, 2.05) is 0 Å². The molecule has 122 valence electrons. The molecule has 1 aromatic carbocycles. The summed E-state index contributed by atoms with van der Waals surface area (Å²) in [5, 5.41) is 25.8. The van der Waals surface area contributed by atoms with Gasteiger partial charge in [-0.05, 0) is 29.4 Å². The van der Waals surface area contributed by atoms with Crippen molar-refractivity contribution < 1.29 is 9.85 Å². The highest BCUT2D eigenvalue weighted by Crippen LogP contribution is 2.40. The van der Waals surface area contributed by atoms with Crippen molar-refractivity contribution in [1.82, 2.24) is 0 Å². The van der Waals surface area contributed by atoms with E-state index in [1.165, 1.54) is 12.1 Å². The molecule has 0 unspecified atom stereocenters. The van der Waals surface area contributed by atoms with E-state index in [2.05, 4.69) is 37.4 Å². The van der Waals surface area contributed by atoms with Gasteiger partial charge in [0.1, 0.15) is 5.69 Å². The monoisotopic (exact) mass is 318 g/mol. The number of allylic oxidation sites excluding steroid dienone is 2. The minimum absolute atomic E-state index is 0.00596. The number of hydrazone groups is 1. The lowest BCUT2D eigenvalue weighted by atomic mass is 9.85. The molecule has 0 saturated carbocycles. The Morgan fingerprint density at radius 3 is 2.52 bits per heavy atom. The minimum Gasteiger partial charge on any atom is -0.272 e. The second-order valence-corrected chi connectivity index (χ2v) is 6.27. The van der Waals surface area contributed by atoms with Crippen molar-refractivity contribution in [1.29, 1.82) is 0 Å². The fourth-order valence-electron chi connectivity index (χ4n) is 2.78. The average Bonchev–Trinajstić information content (AvgIpc) is 2.71. The van der Waals surface area contributed by atoms with E-state index in [0.29, 0.717) is 5.92 Å². The average molecular weight is 318 g/mol. The van der Waals surface area contributed by atoms with Gasteiger partial charge in [-0.25, -0.2) is 0 Å². The van der Waals surface area contributed by atoms with Crippen LogP contribution in [0.3, 0.4) is 0 Å². The highest BCUT2D eigenvalue weighted by molar-refractivity contribution is 5.82. The van der Waals surface area contributed by atoms with E-state index in [-0.39, 0.29) is 22.5 Å². The molecule has 0 radical (unpaired) electrons. The molecule has 0 fully saturated rings. The number of nitro groups is 2. The normalized spacial score (nSPS) is 19.6. The number of anilines is 1. The van der Waals surface area contributed by atoms with Crippen molar-refractivity contribution in [3.05, 3.63) is 50.1 Å². The highest BCUT2D eigenvalue weighted by atomic mass is 16.6. The van der Waals surface area contributed by atoms with Crippen molar-refractivity contribution >= 4 is 23.3 Å². The Hall–Kier alpha value is -2.77. The molecule has 0 bridgehead atoms. The summed E-state index contributed by atoms with van der Waals surface area (Å²) in [5.74, 6) is 0.458. The van der Waals surface area contributed by atoms with Gasteiger partial charge >= 0.3 is 5.69 Å². The lowest BCUT2D eigenvalue weighted by molar-refractivity contribution is -0.393. The Kier molecular flexibility index (Phi) is 4.44. The third-order valence-corrected chi connectivity index (χ3v) is 3.86. The SMILES string of the molecule is C[C@@H]1C=C(/C=N\Nc2ccc([N+](=O)[O-])cc2[N+](=O)[O-])C(C)(C)C1. The van der Waals surface area contributed by atoms with E-state index in [0.717, 1.165) is 18.1 Å². The number of nitro benzene ring substituents is 2. The molecule has 1 aliphatic carbocycles. The lowest BCUT2D eigenvalue weighted by Gasteiger charge is -2.20. The van der Waals surface area contributed by atoms with Crippen LogP contribution in [0, 0.1) is 31.6 Å². The topological polar surface area (TPSA) is 111 Å². The molecular weight excluding hydrogens is 300 g/mol. The van der Waals surface area contributed by atoms with Crippen LogP contribution >= 0.6 is 0 Å². The Balaban J connectivity index is 2.21. The maximum atomic E-state index is 11.0. The largest absolute Gasteiger partial charge is 0.301 e. The summed E-state index contributed by atoms with van der Waals surface area (Å²) in [4.78, 5) is 20.4. The number of hydrogen-bond acceptors (Lipinski definition) is 6. The summed E-state index contributed by atoms with van der Waals surface area (Å²) in [5.41, 5.74) is 3.06. The number of benzene rings is 1. The zero-order valence-corrected chi connectivity index (χ0v) is 13.1. The molecule has 0 aliphatic heterocycles. The standard InChI is InChI=1S/C15H18N4O4/c1-10-6-11(15(2,3)8-10)9-16-17-13-5-4-12(18(20)21)7-14(13)19(22)23/h4-7,9-10,17H,8H2,1-3H3/b16-9-/t10-/m1/s1.